The van der Waals surface area contributed by atoms with Gasteiger partial charge in [0.2, 0.25) is 5.91 Å². The molecule has 0 aromatic heterocycles. The minimum absolute atomic E-state index is 0.00198. The number of carbonyl (C=O) groups excluding carboxylic acids is 1. The zero-order chi connectivity index (χ0) is 55.6. The summed E-state index contributed by atoms with van der Waals surface area (Å²) in [7, 11) is 1.28. The highest BCUT2D eigenvalue weighted by molar-refractivity contribution is 7.45. The maximum Gasteiger partial charge on any atom is 0.268 e. The van der Waals surface area contributed by atoms with Crippen LogP contribution in [-0.4, -0.2) is 68.5 Å². The lowest BCUT2D eigenvalue weighted by molar-refractivity contribution is -0.870. The van der Waals surface area contributed by atoms with E-state index in [2.05, 4.69) is 31.3 Å². The molecule has 3 unspecified atom stereocenters. The summed E-state index contributed by atoms with van der Waals surface area (Å²) in [5.41, 5.74) is 0. The monoisotopic (exact) mass is 1090 g/mol. The minimum atomic E-state index is -4.59. The number of hydrogen-bond donors (Lipinski definition) is 2. The fourth-order valence-electron chi connectivity index (χ4n) is 10.4. The van der Waals surface area contributed by atoms with Crippen LogP contribution < -0.4 is 10.2 Å². The molecule has 0 bridgehead atoms. The number of phosphoric ester groups is 1. The summed E-state index contributed by atoms with van der Waals surface area (Å²) < 4.78 is 23.4. The average molecular weight is 1090 g/mol. The lowest BCUT2D eigenvalue weighted by atomic mass is 10.0. The Kier molecular flexibility index (Phi) is 57.8. The molecule has 0 saturated carbocycles. The molecule has 76 heavy (non-hydrogen) atoms. The molecular weight excluding hydrogens is 960 g/mol. The lowest BCUT2D eigenvalue weighted by Gasteiger charge is -2.29. The summed E-state index contributed by atoms with van der Waals surface area (Å²) in [6.45, 7) is 4.69. The molecule has 452 valence electrons. The third kappa shape index (κ3) is 60.6. The standard InChI is InChI=1S/C67H133N2O6P/c1-6-8-10-12-14-16-18-20-22-23-24-25-26-27-28-29-30-31-32-33-34-35-36-37-38-39-40-41-42-43-44-45-47-49-51-53-55-57-59-61-67(71)68-65(64-75-76(72,73)74-63-62-69(3,4)5)66(70)60-58-56-54-52-50-48-46-21-19-17-15-13-11-9-7-2/h23-24,58,60,65-66,70H,6-22,25-57,59,61-64H2,1-5H3,(H-,68,71,72,73)/b24-23-,60-58+. The van der Waals surface area contributed by atoms with E-state index < -0.39 is 20.0 Å². The Labute approximate surface area is 474 Å². The van der Waals surface area contributed by atoms with Gasteiger partial charge >= 0.3 is 0 Å². The van der Waals surface area contributed by atoms with Crippen LogP contribution in [0.4, 0.5) is 0 Å². The summed E-state index contributed by atoms with van der Waals surface area (Å²) in [5.74, 6) is -0.190. The number of phosphoric acid groups is 1. The van der Waals surface area contributed by atoms with Gasteiger partial charge in [-0.05, 0) is 44.9 Å². The summed E-state index contributed by atoms with van der Waals surface area (Å²) >= 11 is 0. The van der Waals surface area contributed by atoms with E-state index in [1.165, 1.54) is 289 Å². The number of nitrogens with zero attached hydrogens (tertiary/aromatic N) is 1. The number of quaternary nitrogens is 1. The third-order valence-electron chi connectivity index (χ3n) is 15.7. The Bertz CT molecular complexity index is 1290. The van der Waals surface area contributed by atoms with Crippen LogP contribution in [0.15, 0.2) is 24.3 Å². The van der Waals surface area contributed by atoms with E-state index >= 15 is 0 Å². The van der Waals surface area contributed by atoms with Gasteiger partial charge in [-0.1, -0.05) is 321 Å². The fourth-order valence-corrected chi connectivity index (χ4v) is 11.1. The number of nitrogens with one attached hydrogen (secondary N) is 1. The molecule has 0 radical (unpaired) electrons. The van der Waals surface area contributed by atoms with Gasteiger partial charge in [-0.15, -0.1) is 0 Å². The maximum atomic E-state index is 13.0. The largest absolute Gasteiger partial charge is 0.756 e. The molecular formula is C67H133N2O6P. The summed E-state index contributed by atoms with van der Waals surface area (Å²) in [5, 5.41) is 13.9. The highest BCUT2D eigenvalue weighted by Gasteiger charge is 2.23. The number of aliphatic hydroxyl groups is 1. The van der Waals surface area contributed by atoms with E-state index in [9.17, 15) is 19.4 Å². The summed E-state index contributed by atoms with van der Waals surface area (Å²) in [6.07, 6.45) is 75.9. The first-order valence-electron chi connectivity index (χ1n) is 33.7. The topological polar surface area (TPSA) is 108 Å². The van der Waals surface area contributed by atoms with Gasteiger partial charge in [0.25, 0.3) is 7.82 Å². The van der Waals surface area contributed by atoms with Crippen molar-refractivity contribution in [3.63, 3.8) is 0 Å². The smallest absolute Gasteiger partial charge is 0.268 e. The Morgan fingerprint density at radius 3 is 1.03 bits per heavy atom. The van der Waals surface area contributed by atoms with Crippen LogP contribution >= 0.6 is 7.82 Å². The van der Waals surface area contributed by atoms with E-state index in [1.807, 2.05) is 27.2 Å². The van der Waals surface area contributed by atoms with Gasteiger partial charge in [-0.25, -0.2) is 0 Å². The molecule has 0 aromatic carbocycles. The van der Waals surface area contributed by atoms with Crippen LogP contribution in [0, 0.1) is 0 Å². The first-order valence-corrected chi connectivity index (χ1v) is 35.2. The normalized spacial score (nSPS) is 13.8. The highest BCUT2D eigenvalue weighted by Crippen LogP contribution is 2.38. The minimum Gasteiger partial charge on any atom is -0.756 e. The number of likely N-dealkylation sites (N-methyl/N-ethyl adjacent to an activating group) is 1. The quantitative estimate of drug-likeness (QED) is 0.0272. The van der Waals surface area contributed by atoms with Crippen molar-refractivity contribution in [3.8, 4) is 0 Å². The Morgan fingerprint density at radius 1 is 0.447 bits per heavy atom. The Balaban J connectivity index is 3.86. The van der Waals surface area contributed by atoms with Crippen LogP contribution in [0.5, 0.6) is 0 Å². The second-order valence-electron chi connectivity index (χ2n) is 24.5. The van der Waals surface area contributed by atoms with E-state index in [-0.39, 0.29) is 19.1 Å². The van der Waals surface area contributed by atoms with Crippen molar-refractivity contribution in [2.45, 2.75) is 360 Å². The van der Waals surface area contributed by atoms with E-state index in [1.54, 1.807) is 6.08 Å². The highest BCUT2D eigenvalue weighted by atomic mass is 31.2. The van der Waals surface area contributed by atoms with Gasteiger partial charge in [0.1, 0.15) is 13.2 Å². The molecule has 0 aliphatic carbocycles. The molecule has 0 fully saturated rings. The van der Waals surface area contributed by atoms with Gasteiger partial charge in [0.15, 0.2) is 0 Å². The molecule has 0 aliphatic rings. The maximum absolute atomic E-state index is 13.0. The predicted molar refractivity (Wildman–Crippen MR) is 330 cm³/mol. The van der Waals surface area contributed by atoms with Gasteiger partial charge < -0.3 is 28.8 Å². The number of amides is 1. The Hall–Kier alpha value is -1.02. The molecule has 0 saturated heterocycles. The molecule has 9 heteroatoms. The zero-order valence-electron chi connectivity index (χ0n) is 51.7. The van der Waals surface area contributed by atoms with Crippen molar-refractivity contribution in [1.82, 2.24) is 5.32 Å². The van der Waals surface area contributed by atoms with Crippen LogP contribution in [0.25, 0.3) is 0 Å². The van der Waals surface area contributed by atoms with Crippen molar-refractivity contribution in [3.05, 3.63) is 24.3 Å². The first-order chi connectivity index (χ1) is 37.0. The van der Waals surface area contributed by atoms with Crippen molar-refractivity contribution in [2.24, 2.45) is 0 Å². The van der Waals surface area contributed by atoms with Crippen LogP contribution in [0.2, 0.25) is 0 Å². The second kappa shape index (κ2) is 58.6. The number of hydrogen-bond acceptors (Lipinski definition) is 6. The number of carbonyl (C=O) groups is 1. The number of aliphatic hydroxyl groups excluding tert-OH is 1. The molecule has 0 spiro atoms. The SMILES string of the molecule is CCCCCCCCCC/C=C\CCCCCCCCCCCCCCCCCCCCCCCCCCCCCC(=O)NC(COP(=O)([O-])OCC[N+](C)(C)C)C(O)/C=C/CCCCCCCCCCCCCCC. The van der Waals surface area contributed by atoms with E-state index in [0.717, 1.165) is 38.5 Å². The number of allylic oxidation sites excluding steroid dienone is 3. The fraction of sp³-hybridized carbons (Fsp3) is 0.925. The van der Waals surface area contributed by atoms with E-state index in [4.69, 9.17) is 9.05 Å². The van der Waals surface area contributed by atoms with E-state index in [0.29, 0.717) is 17.4 Å². The van der Waals surface area contributed by atoms with Gasteiger partial charge in [0.05, 0.1) is 39.9 Å². The molecule has 0 heterocycles. The zero-order valence-corrected chi connectivity index (χ0v) is 52.6. The van der Waals surface area contributed by atoms with Crippen LogP contribution in [-0.2, 0) is 18.4 Å². The molecule has 8 nitrogen and oxygen atoms in total. The van der Waals surface area contributed by atoms with Crippen LogP contribution in [0.3, 0.4) is 0 Å². The molecule has 2 N–H and O–H groups in total. The molecule has 0 aliphatic heterocycles. The number of unbranched alkanes of at least 4 members (excludes halogenated alkanes) is 48. The van der Waals surface area contributed by atoms with Gasteiger partial charge in [-0.2, -0.15) is 0 Å². The third-order valence-corrected chi connectivity index (χ3v) is 16.6. The van der Waals surface area contributed by atoms with Crippen molar-refractivity contribution >= 4 is 13.7 Å². The molecule has 0 aromatic rings. The van der Waals surface area contributed by atoms with Crippen molar-refractivity contribution in [2.75, 3.05) is 40.9 Å². The predicted octanol–water partition coefficient (Wildman–Crippen LogP) is 20.5. The second-order valence-corrected chi connectivity index (χ2v) is 25.9. The molecule has 0 rings (SSSR count). The van der Waals surface area contributed by atoms with Crippen molar-refractivity contribution < 1.29 is 32.9 Å². The summed E-state index contributed by atoms with van der Waals surface area (Å²) in [4.78, 5) is 25.5. The van der Waals surface area contributed by atoms with Gasteiger partial charge in [-0.3, -0.25) is 9.36 Å². The molecule has 1 amide bonds. The lowest BCUT2D eigenvalue weighted by Crippen LogP contribution is -2.45. The molecule has 3 atom stereocenters. The number of rotatable bonds is 63. The summed E-state index contributed by atoms with van der Waals surface area (Å²) in [6, 6.07) is -0.883. The van der Waals surface area contributed by atoms with Crippen molar-refractivity contribution in [1.29, 1.82) is 0 Å². The van der Waals surface area contributed by atoms with Gasteiger partial charge in [0, 0.05) is 6.42 Å². The first kappa shape index (κ1) is 75.0. The Morgan fingerprint density at radius 2 is 0.724 bits per heavy atom. The van der Waals surface area contributed by atoms with Crippen LogP contribution in [0.1, 0.15) is 348 Å². The average Bonchev–Trinajstić information content (AvgIpc) is 3.38.